The van der Waals surface area contributed by atoms with Crippen molar-refractivity contribution in [3.8, 4) is 0 Å². The van der Waals surface area contributed by atoms with Crippen LogP contribution >= 0.6 is 12.4 Å². The SMILES string of the molecule is Cl.NC1CCN(S(=O)(=O)Cc2noc3ccccc23)CC1. The van der Waals surface area contributed by atoms with E-state index in [1.165, 1.54) is 4.31 Å². The highest BCUT2D eigenvalue weighted by atomic mass is 35.5. The Labute approximate surface area is 129 Å². The fraction of sp³-hybridized carbons (Fsp3) is 0.462. The number of piperidine rings is 1. The van der Waals surface area contributed by atoms with Crippen molar-refractivity contribution >= 4 is 33.4 Å². The van der Waals surface area contributed by atoms with Gasteiger partial charge in [0.1, 0.15) is 11.4 Å². The molecule has 1 aromatic carbocycles. The van der Waals surface area contributed by atoms with Gasteiger partial charge in [0.15, 0.2) is 5.58 Å². The molecule has 0 unspecified atom stereocenters. The van der Waals surface area contributed by atoms with Crippen LogP contribution in [-0.2, 0) is 15.8 Å². The van der Waals surface area contributed by atoms with Crippen molar-refractivity contribution in [1.29, 1.82) is 0 Å². The Kier molecular flexibility index (Phi) is 4.88. The van der Waals surface area contributed by atoms with E-state index in [1.807, 2.05) is 18.2 Å². The maximum atomic E-state index is 12.4. The number of sulfonamides is 1. The molecule has 0 aliphatic carbocycles. The predicted molar refractivity (Wildman–Crippen MR) is 82.7 cm³/mol. The van der Waals surface area contributed by atoms with E-state index in [-0.39, 0.29) is 24.2 Å². The van der Waals surface area contributed by atoms with Crippen LogP contribution in [0.5, 0.6) is 0 Å². The molecule has 1 aromatic heterocycles. The van der Waals surface area contributed by atoms with Gasteiger partial charge in [-0.05, 0) is 25.0 Å². The van der Waals surface area contributed by atoms with Crippen LogP contribution in [0, 0.1) is 0 Å². The number of fused-ring (bicyclic) bond motifs is 1. The fourth-order valence-corrected chi connectivity index (χ4v) is 3.96. The summed E-state index contributed by atoms with van der Waals surface area (Å²) in [4.78, 5) is 0. The normalized spacial score (nSPS) is 17.8. The number of hydrogen-bond donors (Lipinski definition) is 1. The minimum atomic E-state index is -3.37. The molecule has 116 valence electrons. The Balaban J connectivity index is 0.00000161. The van der Waals surface area contributed by atoms with E-state index in [0.29, 0.717) is 37.2 Å². The standard InChI is InChI=1S/C13H17N3O3S.ClH/c14-10-5-7-16(8-6-10)20(17,18)9-12-11-3-1-2-4-13(11)19-15-12;/h1-4,10H,5-9,14H2;1H. The summed E-state index contributed by atoms with van der Waals surface area (Å²) in [6.07, 6.45) is 1.41. The maximum Gasteiger partial charge on any atom is 0.220 e. The van der Waals surface area contributed by atoms with Gasteiger partial charge in [0.25, 0.3) is 0 Å². The Morgan fingerprint density at radius 1 is 1.29 bits per heavy atom. The van der Waals surface area contributed by atoms with E-state index in [4.69, 9.17) is 10.3 Å². The summed E-state index contributed by atoms with van der Waals surface area (Å²) in [6, 6.07) is 7.38. The van der Waals surface area contributed by atoms with E-state index in [1.54, 1.807) is 6.07 Å². The molecule has 8 heteroatoms. The summed E-state index contributed by atoms with van der Waals surface area (Å²) in [6.45, 7) is 0.971. The molecule has 0 atom stereocenters. The molecular weight excluding hydrogens is 314 g/mol. The van der Waals surface area contributed by atoms with E-state index in [9.17, 15) is 8.42 Å². The molecule has 21 heavy (non-hydrogen) atoms. The number of para-hydroxylation sites is 1. The molecule has 2 heterocycles. The highest BCUT2D eigenvalue weighted by Crippen LogP contribution is 2.22. The van der Waals surface area contributed by atoms with Crippen LogP contribution in [0.4, 0.5) is 0 Å². The number of nitrogens with two attached hydrogens (primary N) is 1. The second-order valence-electron chi connectivity index (χ2n) is 5.12. The smallest absolute Gasteiger partial charge is 0.220 e. The van der Waals surface area contributed by atoms with Crippen molar-refractivity contribution in [3.05, 3.63) is 30.0 Å². The molecule has 6 nitrogen and oxygen atoms in total. The molecule has 1 fully saturated rings. The number of benzene rings is 1. The van der Waals surface area contributed by atoms with Crippen LogP contribution in [0.2, 0.25) is 0 Å². The average molecular weight is 332 g/mol. The highest BCUT2D eigenvalue weighted by molar-refractivity contribution is 7.88. The van der Waals surface area contributed by atoms with Gasteiger partial charge in [-0.15, -0.1) is 12.4 Å². The Morgan fingerprint density at radius 2 is 1.95 bits per heavy atom. The zero-order valence-corrected chi connectivity index (χ0v) is 13.1. The first kappa shape index (κ1) is 16.2. The van der Waals surface area contributed by atoms with Crippen molar-refractivity contribution in [2.45, 2.75) is 24.6 Å². The summed E-state index contributed by atoms with van der Waals surface area (Å²) < 4.78 is 31.5. The first-order valence-electron chi connectivity index (χ1n) is 6.63. The minimum Gasteiger partial charge on any atom is -0.356 e. The molecule has 1 saturated heterocycles. The number of halogens is 1. The van der Waals surface area contributed by atoms with Gasteiger partial charge in [-0.2, -0.15) is 0 Å². The van der Waals surface area contributed by atoms with Crippen LogP contribution in [-0.4, -0.2) is 37.0 Å². The zero-order chi connectivity index (χ0) is 14.2. The van der Waals surface area contributed by atoms with Crippen molar-refractivity contribution in [2.75, 3.05) is 13.1 Å². The lowest BCUT2D eigenvalue weighted by molar-refractivity contribution is 0.319. The van der Waals surface area contributed by atoms with E-state index in [2.05, 4.69) is 5.16 Å². The van der Waals surface area contributed by atoms with Gasteiger partial charge in [-0.25, -0.2) is 12.7 Å². The summed E-state index contributed by atoms with van der Waals surface area (Å²) >= 11 is 0. The largest absolute Gasteiger partial charge is 0.356 e. The summed E-state index contributed by atoms with van der Waals surface area (Å²) in [5.41, 5.74) is 6.88. The molecule has 0 bridgehead atoms. The van der Waals surface area contributed by atoms with Gasteiger partial charge in [-0.1, -0.05) is 17.3 Å². The van der Waals surface area contributed by atoms with Gasteiger partial charge in [0.2, 0.25) is 10.0 Å². The van der Waals surface area contributed by atoms with Crippen LogP contribution in [0.25, 0.3) is 11.0 Å². The van der Waals surface area contributed by atoms with Crippen molar-refractivity contribution in [1.82, 2.24) is 9.46 Å². The van der Waals surface area contributed by atoms with Gasteiger partial charge in [0, 0.05) is 24.5 Å². The number of nitrogens with zero attached hydrogens (tertiary/aromatic N) is 2. The maximum absolute atomic E-state index is 12.4. The molecular formula is C13H18ClN3O3S. The van der Waals surface area contributed by atoms with Gasteiger partial charge in [-0.3, -0.25) is 0 Å². The summed E-state index contributed by atoms with van der Waals surface area (Å²) in [5, 5.41) is 4.64. The predicted octanol–water partition coefficient (Wildman–Crippen LogP) is 1.50. The van der Waals surface area contributed by atoms with E-state index >= 15 is 0 Å². The Morgan fingerprint density at radius 3 is 2.67 bits per heavy atom. The fourth-order valence-electron chi connectivity index (χ4n) is 2.46. The number of rotatable bonds is 3. The third-order valence-corrected chi connectivity index (χ3v) is 5.45. The van der Waals surface area contributed by atoms with Crippen LogP contribution in [0.3, 0.4) is 0 Å². The highest BCUT2D eigenvalue weighted by Gasteiger charge is 2.28. The molecule has 0 saturated carbocycles. The van der Waals surface area contributed by atoms with Crippen LogP contribution in [0.1, 0.15) is 18.5 Å². The summed E-state index contributed by atoms with van der Waals surface area (Å²) in [7, 11) is -3.37. The van der Waals surface area contributed by atoms with Crippen molar-refractivity contribution < 1.29 is 12.9 Å². The molecule has 2 aromatic rings. The molecule has 3 rings (SSSR count). The third kappa shape index (κ3) is 3.37. The first-order chi connectivity index (χ1) is 9.56. The molecule has 1 aliphatic heterocycles. The summed E-state index contributed by atoms with van der Waals surface area (Å²) in [5.74, 6) is -0.126. The van der Waals surface area contributed by atoms with Crippen molar-refractivity contribution in [2.24, 2.45) is 5.73 Å². The van der Waals surface area contributed by atoms with E-state index in [0.717, 1.165) is 5.39 Å². The second-order valence-corrected chi connectivity index (χ2v) is 7.09. The zero-order valence-electron chi connectivity index (χ0n) is 11.4. The topological polar surface area (TPSA) is 89.4 Å². The Bertz CT molecular complexity index is 708. The number of hydrogen-bond acceptors (Lipinski definition) is 5. The lowest BCUT2D eigenvalue weighted by atomic mass is 10.1. The van der Waals surface area contributed by atoms with Crippen molar-refractivity contribution in [3.63, 3.8) is 0 Å². The average Bonchev–Trinajstić information content (AvgIpc) is 2.82. The monoisotopic (exact) mass is 331 g/mol. The third-order valence-electron chi connectivity index (χ3n) is 3.66. The lowest BCUT2D eigenvalue weighted by Crippen LogP contribution is -2.43. The minimum absolute atomic E-state index is 0. The van der Waals surface area contributed by atoms with Crippen LogP contribution < -0.4 is 5.73 Å². The van der Waals surface area contributed by atoms with Crippen LogP contribution in [0.15, 0.2) is 28.8 Å². The van der Waals surface area contributed by atoms with E-state index < -0.39 is 10.0 Å². The Hall–Kier alpha value is -1.15. The number of aromatic nitrogens is 1. The van der Waals surface area contributed by atoms with Gasteiger partial charge in [0.05, 0.1) is 0 Å². The van der Waals surface area contributed by atoms with Gasteiger partial charge >= 0.3 is 0 Å². The van der Waals surface area contributed by atoms with Gasteiger partial charge < -0.3 is 10.3 Å². The lowest BCUT2D eigenvalue weighted by Gasteiger charge is -2.29. The first-order valence-corrected chi connectivity index (χ1v) is 8.24. The molecule has 0 radical (unpaired) electrons. The molecule has 0 spiro atoms. The molecule has 2 N–H and O–H groups in total. The molecule has 0 amide bonds. The quantitative estimate of drug-likeness (QED) is 0.920. The second kappa shape index (κ2) is 6.31. The molecule has 1 aliphatic rings.